The summed E-state index contributed by atoms with van der Waals surface area (Å²) in [5, 5.41) is 14.2. The Kier molecular flexibility index (Phi) is 4.52. The van der Waals surface area contributed by atoms with E-state index in [1.165, 1.54) is 11.9 Å². The Labute approximate surface area is 106 Å². The number of amides is 3. The molecule has 3 amide bonds. The van der Waals surface area contributed by atoms with Crippen LogP contribution < -0.4 is 10.6 Å². The highest BCUT2D eigenvalue weighted by atomic mass is 16.4. The van der Waals surface area contributed by atoms with Crippen molar-refractivity contribution in [3.05, 3.63) is 0 Å². The number of carboxylic acid groups (broad SMARTS) is 1. The van der Waals surface area contributed by atoms with Crippen LogP contribution in [0.4, 0.5) is 4.79 Å². The minimum Gasteiger partial charge on any atom is -0.480 e. The van der Waals surface area contributed by atoms with E-state index in [1.807, 2.05) is 0 Å². The third-order valence-electron chi connectivity index (χ3n) is 3.25. The fourth-order valence-electron chi connectivity index (χ4n) is 2.01. The van der Waals surface area contributed by atoms with Gasteiger partial charge in [-0.15, -0.1) is 0 Å². The van der Waals surface area contributed by atoms with E-state index in [1.54, 1.807) is 6.92 Å². The number of rotatable bonds is 4. The third kappa shape index (κ3) is 2.91. The minimum absolute atomic E-state index is 0.169. The quantitative estimate of drug-likeness (QED) is 0.648. The number of likely N-dealkylation sites (tertiary alicyclic amines) is 1. The maximum Gasteiger partial charge on any atom is 0.329 e. The van der Waals surface area contributed by atoms with E-state index in [0.29, 0.717) is 19.4 Å². The van der Waals surface area contributed by atoms with Crippen LogP contribution in [0.3, 0.4) is 0 Å². The van der Waals surface area contributed by atoms with Crippen LogP contribution in [0.1, 0.15) is 26.2 Å². The maximum atomic E-state index is 11.9. The van der Waals surface area contributed by atoms with Gasteiger partial charge in [0.25, 0.3) is 0 Å². The van der Waals surface area contributed by atoms with Gasteiger partial charge in [0.05, 0.1) is 0 Å². The van der Waals surface area contributed by atoms with Gasteiger partial charge in [0.1, 0.15) is 5.54 Å². The van der Waals surface area contributed by atoms with Gasteiger partial charge in [-0.2, -0.15) is 0 Å². The first kappa shape index (κ1) is 14.3. The monoisotopic (exact) mass is 257 g/mol. The van der Waals surface area contributed by atoms with Crippen LogP contribution in [0, 0.1) is 0 Å². The summed E-state index contributed by atoms with van der Waals surface area (Å²) < 4.78 is 0. The Balaban J connectivity index is 2.51. The molecule has 1 fully saturated rings. The van der Waals surface area contributed by atoms with Crippen molar-refractivity contribution in [2.24, 2.45) is 0 Å². The molecule has 0 aliphatic carbocycles. The normalized spacial score (nSPS) is 22.7. The Hall–Kier alpha value is -1.79. The number of hydrogen-bond acceptors (Lipinski definition) is 3. The van der Waals surface area contributed by atoms with E-state index >= 15 is 0 Å². The van der Waals surface area contributed by atoms with Crippen LogP contribution in [0.5, 0.6) is 0 Å². The van der Waals surface area contributed by atoms with Gasteiger partial charge in [0.2, 0.25) is 5.91 Å². The van der Waals surface area contributed by atoms with Crippen molar-refractivity contribution in [3.63, 3.8) is 0 Å². The zero-order valence-electron chi connectivity index (χ0n) is 10.7. The molecule has 1 aliphatic heterocycles. The van der Waals surface area contributed by atoms with Crippen molar-refractivity contribution in [1.82, 2.24) is 15.5 Å². The average Bonchev–Trinajstić information content (AvgIpc) is 2.72. The molecular formula is C11H19N3O4. The van der Waals surface area contributed by atoms with Gasteiger partial charge in [-0.05, 0) is 19.8 Å². The summed E-state index contributed by atoms with van der Waals surface area (Å²) in [6.45, 7) is 2.17. The molecular weight excluding hydrogens is 238 g/mol. The van der Waals surface area contributed by atoms with Crippen LogP contribution in [-0.4, -0.2) is 53.6 Å². The molecule has 0 aromatic heterocycles. The third-order valence-corrected chi connectivity index (χ3v) is 3.25. The number of nitrogens with one attached hydrogen (secondary N) is 2. The lowest BCUT2D eigenvalue weighted by atomic mass is 10.00. The molecule has 1 unspecified atom stereocenters. The van der Waals surface area contributed by atoms with Gasteiger partial charge in [-0.25, -0.2) is 9.59 Å². The van der Waals surface area contributed by atoms with Crippen LogP contribution >= 0.6 is 0 Å². The number of hydrogen-bond donors (Lipinski definition) is 3. The lowest BCUT2D eigenvalue weighted by molar-refractivity contribution is -0.147. The standard InChI is InChI=1S/C11H19N3O4/c1-11(9(16)17)5-3-7-14(11)10(18)13-6-4-8(15)12-2/h3-7H2,1-2H3,(H,12,15)(H,13,18)(H,16,17). The largest absolute Gasteiger partial charge is 0.480 e. The molecule has 102 valence electrons. The molecule has 0 spiro atoms. The molecule has 0 aromatic carbocycles. The minimum atomic E-state index is -1.14. The number of nitrogens with zero attached hydrogens (tertiary/aromatic N) is 1. The molecule has 0 aromatic rings. The van der Waals surface area contributed by atoms with Gasteiger partial charge in [0, 0.05) is 26.6 Å². The second-order valence-electron chi connectivity index (χ2n) is 4.49. The number of carboxylic acids is 1. The van der Waals surface area contributed by atoms with Crippen molar-refractivity contribution in [2.75, 3.05) is 20.1 Å². The predicted octanol–water partition coefficient (Wildman–Crippen LogP) is -0.229. The molecule has 3 N–H and O–H groups in total. The van der Waals surface area contributed by atoms with E-state index in [0.717, 1.165) is 0 Å². The summed E-state index contributed by atoms with van der Waals surface area (Å²) in [7, 11) is 1.52. The van der Waals surface area contributed by atoms with Gasteiger partial charge in [0.15, 0.2) is 0 Å². The van der Waals surface area contributed by atoms with E-state index in [4.69, 9.17) is 5.11 Å². The smallest absolute Gasteiger partial charge is 0.329 e. The molecule has 1 aliphatic rings. The zero-order valence-corrected chi connectivity index (χ0v) is 10.7. The molecule has 7 nitrogen and oxygen atoms in total. The molecule has 7 heteroatoms. The fourth-order valence-corrected chi connectivity index (χ4v) is 2.01. The van der Waals surface area contributed by atoms with E-state index in [-0.39, 0.29) is 18.9 Å². The highest BCUT2D eigenvalue weighted by Crippen LogP contribution is 2.28. The Morgan fingerprint density at radius 3 is 2.61 bits per heavy atom. The van der Waals surface area contributed by atoms with Crippen molar-refractivity contribution in [3.8, 4) is 0 Å². The lowest BCUT2D eigenvalue weighted by Gasteiger charge is -2.31. The summed E-state index contributed by atoms with van der Waals surface area (Å²) in [6.07, 6.45) is 1.30. The van der Waals surface area contributed by atoms with Crippen molar-refractivity contribution in [1.29, 1.82) is 0 Å². The number of carbonyl (C=O) groups is 3. The Morgan fingerprint density at radius 1 is 1.39 bits per heavy atom. The van der Waals surface area contributed by atoms with Crippen molar-refractivity contribution in [2.45, 2.75) is 31.7 Å². The first-order valence-electron chi connectivity index (χ1n) is 5.91. The van der Waals surface area contributed by atoms with Crippen molar-refractivity contribution < 1.29 is 19.5 Å². The van der Waals surface area contributed by atoms with Gasteiger partial charge < -0.3 is 20.6 Å². The van der Waals surface area contributed by atoms with Gasteiger partial charge >= 0.3 is 12.0 Å². The van der Waals surface area contributed by atoms with Crippen LogP contribution in [0.25, 0.3) is 0 Å². The highest BCUT2D eigenvalue weighted by molar-refractivity contribution is 5.86. The number of urea groups is 1. The first-order chi connectivity index (χ1) is 8.41. The summed E-state index contributed by atoms with van der Waals surface area (Å²) in [4.78, 5) is 35.3. The summed E-state index contributed by atoms with van der Waals surface area (Å²) in [5.74, 6) is -1.17. The average molecular weight is 257 g/mol. The van der Waals surface area contributed by atoms with Crippen LogP contribution in [0.15, 0.2) is 0 Å². The molecule has 18 heavy (non-hydrogen) atoms. The Bertz CT molecular complexity index is 358. The van der Waals surface area contributed by atoms with Gasteiger partial charge in [-0.3, -0.25) is 4.79 Å². The molecule has 1 rings (SSSR count). The summed E-state index contributed by atoms with van der Waals surface area (Å²) in [5.41, 5.74) is -1.14. The number of aliphatic carboxylic acids is 1. The van der Waals surface area contributed by atoms with E-state index in [2.05, 4.69) is 10.6 Å². The topological polar surface area (TPSA) is 98.7 Å². The summed E-state index contributed by atoms with van der Waals surface area (Å²) >= 11 is 0. The number of carbonyl (C=O) groups excluding carboxylic acids is 2. The molecule has 1 saturated heterocycles. The zero-order chi connectivity index (χ0) is 13.8. The van der Waals surface area contributed by atoms with Crippen LogP contribution in [0.2, 0.25) is 0 Å². The van der Waals surface area contributed by atoms with Gasteiger partial charge in [-0.1, -0.05) is 0 Å². The maximum absolute atomic E-state index is 11.9. The van der Waals surface area contributed by atoms with E-state index in [9.17, 15) is 14.4 Å². The molecule has 1 atom stereocenters. The lowest BCUT2D eigenvalue weighted by Crippen LogP contribution is -2.54. The first-order valence-corrected chi connectivity index (χ1v) is 5.91. The molecule has 0 radical (unpaired) electrons. The molecule has 0 bridgehead atoms. The fraction of sp³-hybridized carbons (Fsp3) is 0.727. The summed E-state index contributed by atoms with van der Waals surface area (Å²) in [6, 6.07) is -0.429. The molecule has 1 heterocycles. The predicted molar refractivity (Wildman–Crippen MR) is 64.1 cm³/mol. The second-order valence-corrected chi connectivity index (χ2v) is 4.49. The van der Waals surface area contributed by atoms with E-state index < -0.39 is 17.5 Å². The van der Waals surface area contributed by atoms with Crippen LogP contribution in [-0.2, 0) is 9.59 Å². The molecule has 0 saturated carbocycles. The SMILES string of the molecule is CNC(=O)CCNC(=O)N1CCCC1(C)C(=O)O. The Morgan fingerprint density at radius 2 is 2.06 bits per heavy atom. The van der Waals surface area contributed by atoms with Crippen molar-refractivity contribution >= 4 is 17.9 Å². The highest BCUT2D eigenvalue weighted by Gasteiger charge is 2.45. The second kappa shape index (κ2) is 5.70.